The number of non-ortho nitro benzene ring substituents is 1. The quantitative estimate of drug-likeness (QED) is 0.476. The van der Waals surface area contributed by atoms with Gasteiger partial charge in [-0.3, -0.25) is 14.9 Å². The molecule has 8 nitrogen and oxygen atoms in total. The Bertz CT molecular complexity index is 1180. The molecule has 4 rings (SSSR count). The average molecular weight is 424 g/mol. The van der Waals surface area contributed by atoms with E-state index in [0.29, 0.717) is 34.7 Å². The maximum atomic E-state index is 13.0. The van der Waals surface area contributed by atoms with Crippen LogP contribution in [-0.4, -0.2) is 24.5 Å². The van der Waals surface area contributed by atoms with Gasteiger partial charge >= 0.3 is 0 Å². The summed E-state index contributed by atoms with van der Waals surface area (Å²) in [5.74, 6) is 2.07. The molecular weight excluding hydrogens is 394 g/mol. The molecule has 1 aromatic carbocycles. The summed E-state index contributed by atoms with van der Waals surface area (Å²) in [6.45, 7) is 8.87. The molecule has 0 spiro atoms. The molecule has 8 heteroatoms. The maximum Gasteiger partial charge on any atom is 0.277 e. The average Bonchev–Trinajstić information content (AvgIpc) is 3.12. The first-order valence-corrected chi connectivity index (χ1v) is 11.0. The van der Waals surface area contributed by atoms with Gasteiger partial charge in [-0.15, -0.1) is 5.10 Å². The van der Waals surface area contributed by atoms with Crippen LogP contribution < -0.4 is 5.56 Å². The normalized spacial score (nSPS) is 19.6. The predicted molar refractivity (Wildman–Crippen MR) is 119 cm³/mol. The van der Waals surface area contributed by atoms with Gasteiger partial charge in [0.05, 0.1) is 10.6 Å². The Hall–Kier alpha value is -3.03. The van der Waals surface area contributed by atoms with Gasteiger partial charge in [0.25, 0.3) is 11.2 Å². The summed E-state index contributed by atoms with van der Waals surface area (Å²) >= 11 is 0. The fourth-order valence-electron chi connectivity index (χ4n) is 4.72. The molecule has 0 radical (unpaired) electrons. The minimum Gasteiger partial charge on any atom is -0.303 e. The number of nitro groups is 1. The molecule has 1 fully saturated rings. The standard InChI is InChI=1S/C23H29N5O3/c1-5-18-19-22(29)25-20(15-7-6-8-17(13-15)28(30)31)26-27(19)21(24-18)14-9-11-16(12-10-14)23(2,3)4/h6-8,13-14,16H,5,9-12H2,1-4H3,(H,25,26,29)/t14-,16+. The number of rotatable bonds is 4. The monoisotopic (exact) mass is 423 g/mol. The first-order valence-electron chi connectivity index (χ1n) is 11.0. The molecular formula is C23H29N5O3. The summed E-state index contributed by atoms with van der Waals surface area (Å²) in [4.78, 5) is 31.3. The fraction of sp³-hybridized carbons (Fsp3) is 0.522. The number of aryl methyl sites for hydroxylation is 1. The van der Waals surface area contributed by atoms with Crippen LogP contribution in [-0.2, 0) is 6.42 Å². The van der Waals surface area contributed by atoms with Crippen LogP contribution >= 0.6 is 0 Å². The minimum atomic E-state index is -0.453. The molecule has 2 aromatic heterocycles. The van der Waals surface area contributed by atoms with Crippen LogP contribution in [0.15, 0.2) is 29.1 Å². The third kappa shape index (κ3) is 3.98. The zero-order valence-corrected chi connectivity index (χ0v) is 18.5. The number of benzene rings is 1. The molecule has 1 aliphatic carbocycles. The van der Waals surface area contributed by atoms with Crippen molar-refractivity contribution >= 4 is 11.2 Å². The third-order valence-electron chi connectivity index (χ3n) is 6.58. The van der Waals surface area contributed by atoms with Crippen LogP contribution in [0.5, 0.6) is 0 Å². The van der Waals surface area contributed by atoms with Crippen LogP contribution in [0.4, 0.5) is 5.69 Å². The number of aromatic nitrogens is 4. The minimum absolute atomic E-state index is 0.0409. The number of nitrogens with zero attached hydrogens (tertiary/aromatic N) is 4. The first-order chi connectivity index (χ1) is 14.7. The molecule has 2 heterocycles. The van der Waals surface area contributed by atoms with Crippen molar-refractivity contribution in [2.75, 3.05) is 0 Å². The lowest BCUT2D eigenvalue weighted by molar-refractivity contribution is -0.384. The van der Waals surface area contributed by atoms with Gasteiger partial charge in [-0.2, -0.15) is 0 Å². The first kappa shape index (κ1) is 21.2. The summed E-state index contributed by atoms with van der Waals surface area (Å²) in [5.41, 5.74) is 1.70. The Labute approximate surface area is 180 Å². The number of nitrogens with one attached hydrogen (secondary N) is 1. The highest BCUT2D eigenvalue weighted by atomic mass is 16.6. The largest absolute Gasteiger partial charge is 0.303 e. The topological polar surface area (TPSA) is 106 Å². The number of imidazole rings is 1. The lowest BCUT2D eigenvalue weighted by Gasteiger charge is -2.36. The highest BCUT2D eigenvalue weighted by Crippen LogP contribution is 2.43. The van der Waals surface area contributed by atoms with Crippen molar-refractivity contribution in [1.82, 2.24) is 19.6 Å². The van der Waals surface area contributed by atoms with Crippen molar-refractivity contribution in [2.45, 2.75) is 65.7 Å². The van der Waals surface area contributed by atoms with Gasteiger partial charge < -0.3 is 4.98 Å². The second kappa shape index (κ2) is 7.90. The summed E-state index contributed by atoms with van der Waals surface area (Å²) in [6.07, 6.45) is 4.94. The van der Waals surface area contributed by atoms with Crippen LogP contribution in [0.25, 0.3) is 16.9 Å². The number of hydrogen-bond acceptors (Lipinski definition) is 5. The number of H-pyrrole nitrogens is 1. The zero-order chi connectivity index (χ0) is 22.3. The van der Waals surface area contributed by atoms with Gasteiger partial charge in [-0.25, -0.2) is 9.50 Å². The van der Waals surface area contributed by atoms with Crippen LogP contribution in [0.2, 0.25) is 0 Å². The molecule has 0 unspecified atom stereocenters. The second-order valence-electron chi connectivity index (χ2n) is 9.56. The van der Waals surface area contributed by atoms with E-state index in [-0.39, 0.29) is 17.2 Å². The highest BCUT2D eigenvalue weighted by Gasteiger charge is 2.32. The van der Waals surface area contributed by atoms with Gasteiger partial charge in [-0.05, 0) is 43.4 Å². The maximum absolute atomic E-state index is 13.0. The number of hydrogen-bond donors (Lipinski definition) is 1. The summed E-state index contributed by atoms with van der Waals surface area (Å²) in [7, 11) is 0. The lowest BCUT2D eigenvalue weighted by atomic mass is 9.70. The van der Waals surface area contributed by atoms with Gasteiger partial charge in [0.2, 0.25) is 0 Å². The van der Waals surface area contributed by atoms with Crippen LogP contribution in [0.3, 0.4) is 0 Å². The van der Waals surface area contributed by atoms with Gasteiger partial charge in [0.15, 0.2) is 11.3 Å². The van der Waals surface area contributed by atoms with E-state index in [1.54, 1.807) is 16.6 Å². The lowest BCUT2D eigenvalue weighted by Crippen LogP contribution is -2.26. The molecule has 164 valence electrons. The van der Waals surface area contributed by atoms with E-state index < -0.39 is 4.92 Å². The van der Waals surface area contributed by atoms with Gasteiger partial charge in [-0.1, -0.05) is 39.8 Å². The van der Waals surface area contributed by atoms with E-state index >= 15 is 0 Å². The molecule has 31 heavy (non-hydrogen) atoms. The highest BCUT2D eigenvalue weighted by molar-refractivity contribution is 5.61. The van der Waals surface area contributed by atoms with Crippen LogP contribution in [0, 0.1) is 21.4 Å². The summed E-state index contributed by atoms with van der Waals surface area (Å²) < 4.78 is 1.69. The third-order valence-corrected chi connectivity index (χ3v) is 6.58. The smallest absolute Gasteiger partial charge is 0.277 e. The zero-order valence-electron chi connectivity index (χ0n) is 18.5. The van der Waals surface area contributed by atoms with E-state index in [1.807, 2.05) is 6.92 Å². The number of aromatic amines is 1. The second-order valence-corrected chi connectivity index (χ2v) is 9.56. The number of fused-ring (bicyclic) bond motifs is 1. The van der Waals surface area contributed by atoms with Gasteiger partial charge in [0, 0.05) is 23.6 Å². The van der Waals surface area contributed by atoms with Crippen molar-refractivity contribution in [3.8, 4) is 11.4 Å². The van der Waals surface area contributed by atoms with Crippen molar-refractivity contribution in [3.63, 3.8) is 0 Å². The van der Waals surface area contributed by atoms with Crippen LogP contribution in [0.1, 0.15) is 70.8 Å². The molecule has 3 aromatic rings. The molecule has 1 saturated carbocycles. The van der Waals surface area contributed by atoms with Crippen molar-refractivity contribution in [2.24, 2.45) is 11.3 Å². The number of nitro benzene ring substituents is 1. The molecule has 0 aliphatic heterocycles. The Kier molecular flexibility index (Phi) is 5.41. The molecule has 1 N–H and O–H groups in total. The fourth-order valence-corrected chi connectivity index (χ4v) is 4.72. The van der Waals surface area contributed by atoms with E-state index in [0.717, 1.165) is 37.2 Å². The summed E-state index contributed by atoms with van der Waals surface area (Å²) in [5, 5.41) is 15.9. The van der Waals surface area contributed by atoms with Crippen molar-refractivity contribution in [3.05, 3.63) is 56.3 Å². The SMILES string of the molecule is CCc1nc([C@H]2CC[C@@H](C(C)(C)C)CC2)n2nc(-c3cccc([N+](=O)[O-])c3)[nH]c(=O)c12. The molecule has 1 aliphatic rings. The predicted octanol–water partition coefficient (Wildman–Crippen LogP) is 4.88. The Morgan fingerprint density at radius 3 is 2.55 bits per heavy atom. The van der Waals surface area contributed by atoms with Gasteiger partial charge in [0.1, 0.15) is 5.82 Å². The van der Waals surface area contributed by atoms with E-state index in [1.165, 1.54) is 12.1 Å². The Balaban J connectivity index is 1.78. The van der Waals surface area contributed by atoms with E-state index in [2.05, 4.69) is 25.8 Å². The Morgan fingerprint density at radius 1 is 1.23 bits per heavy atom. The molecule has 0 saturated heterocycles. The van der Waals surface area contributed by atoms with Crippen molar-refractivity contribution < 1.29 is 4.92 Å². The molecule has 0 atom stereocenters. The van der Waals surface area contributed by atoms with Crippen molar-refractivity contribution in [1.29, 1.82) is 0 Å². The van der Waals surface area contributed by atoms with E-state index in [4.69, 9.17) is 10.1 Å². The summed E-state index contributed by atoms with van der Waals surface area (Å²) in [6, 6.07) is 6.16. The molecule has 0 amide bonds. The van der Waals surface area contributed by atoms with E-state index in [9.17, 15) is 14.9 Å². The molecule has 0 bridgehead atoms. The Morgan fingerprint density at radius 2 is 1.94 bits per heavy atom.